The summed E-state index contributed by atoms with van der Waals surface area (Å²) in [7, 11) is 1.28. The number of methoxy groups -OCH3 is 1. The number of carbonyl (C=O) groups is 13. The number of anilines is 8. The van der Waals surface area contributed by atoms with E-state index in [2.05, 4.69) is 20.3 Å². The molecule has 13 rings (SSSR count). The van der Waals surface area contributed by atoms with Gasteiger partial charge in [-0.2, -0.15) is 17.6 Å². The maximum Gasteiger partial charge on any atom is 0.461 e. The normalized spacial score (nSPS) is 15.9. The van der Waals surface area contributed by atoms with Gasteiger partial charge in [-0.3, -0.25) is 57.5 Å². The van der Waals surface area contributed by atoms with E-state index in [0.29, 0.717) is 43.1 Å². The number of amides is 12. The van der Waals surface area contributed by atoms with E-state index in [4.69, 9.17) is 17.3 Å². The Morgan fingerprint density at radius 2 is 1.00 bits per heavy atom. The molecule has 0 radical (unpaired) electrons. The van der Waals surface area contributed by atoms with Crippen LogP contribution in [-0.2, 0) is 52.7 Å². The zero-order valence-corrected chi connectivity index (χ0v) is 52.6. The molecule has 1 saturated heterocycles. The first-order valence-corrected chi connectivity index (χ1v) is 29.6. The van der Waals surface area contributed by atoms with Crippen LogP contribution in [0.4, 0.5) is 63.1 Å². The molecule has 1 atom stereocenters. The van der Waals surface area contributed by atoms with Crippen LogP contribution >= 0.6 is 11.6 Å². The summed E-state index contributed by atoms with van der Waals surface area (Å²) in [5.74, 6) is -7.41. The van der Waals surface area contributed by atoms with Crippen molar-refractivity contribution in [3.63, 3.8) is 0 Å². The highest BCUT2D eigenvalue weighted by Gasteiger charge is 2.46. The first kappa shape index (κ1) is 70.5. The highest BCUT2D eigenvalue weighted by molar-refractivity contribution is 6.38. The van der Waals surface area contributed by atoms with Gasteiger partial charge in [-0.15, -0.1) is 0 Å². The Morgan fingerprint density at radius 3 is 1.54 bits per heavy atom. The Bertz CT molecular complexity index is 4530. The van der Waals surface area contributed by atoms with Gasteiger partial charge in [0.15, 0.2) is 5.75 Å². The van der Waals surface area contributed by atoms with Gasteiger partial charge in [0.05, 0.1) is 69.4 Å². The number of hydrazine groups is 1. The lowest BCUT2D eigenvalue weighted by Gasteiger charge is -2.24. The quantitative estimate of drug-likeness (QED) is 0.0318. The van der Waals surface area contributed by atoms with E-state index in [1.54, 1.807) is 60.7 Å². The number of rotatable bonds is 13. The molecule has 6 heterocycles. The fraction of sp³-hybridized carbons (Fsp3) is 0.100. The number of alkyl halides is 4. The van der Waals surface area contributed by atoms with E-state index in [-0.39, 0.29) is 64.4 Å². The highest BCUT2D eigenvalue weighted by Crippen LogP contribution is 2.40. The summed E-state index contributed by atoms with van der Waals surface area (Å²) in [5, 5.41) is 0.387. The van der Waals surface area contributed by atoms with Crippen molar-refractivity contribution in [1.82, 2.24) is 5.43 Å². The molecule has 7 aromatic rings. The molecule has 29 heteroatoms. The Morgan fingerprint density at radius 1 is 0.515 bits per heavy atom. The monoisotopic (exact) mass is 1370 g/mol. The number of para-hydroxylation sites is 2. The van der Waals surface area contributed by atoms with E-state index in [1.807, 2.05) is 74.5 Å². The number of nitrogens with two attached hydrogens (primary N) is 1. The Hall–Kier alpha value is -12.8. The summed E-state index contributed by atoms with van der Waals surface area (Å²) < 4.78 is 60.1. The number of nitrogens with one attached hydrogen (secondary N) is 2. The number of hydrogen-bond acceptors (Lipinski definition) is 18. The van der Waals surface area contributed by atoms with Crippen molar-refractivity contribution in [2.75, 3.05) is 47.7 Å². The van der Waals surface area contributed by atoms with Crippen molar-refractivity contribution in [2.45, 2.75) is 38.8 Å². The lowest BCUT2D eigenvalue weighted by Crippen LogP contribution is -2.41. The molecule has 4 N–H and O–H groups in total. The number of nitrogen functional groups attached to an aromatic ring is 1. The van der Waals surface area contributed by atoms with Crippen molar-refractivity contribution in [2.24, 2.45) is 0 Å². The first-order chi connectivity index (χ1) is 47.2. The van der Waals surface area contributed by atoms with Crippen LogP contribution in [-0.4, -0.2) is 103 Å². The fourth-order valence-electron chi connectivity index (χ4n) is 9.89. The van der Waals surface area contributed by atoms with Gasteiger partial charge in [0.25, 0.3) is 65.0 Å². The number of esters is 1. The third-order valence-corrected chi connectivity index (χ3v) is 14.9. The van der Waals surface area contributed by atoms with E-state index in [0.717, 1.165) is 74.0 Å². The van der Waals surface area contributed by atoms with Crippen molar-refractivity contribution in [3.8, 4) is 5.75 Å². The zero-order valence-electron chi connectivity index (χ0n) is 51.8. The molecule has 7 aromatic carbocycles. The SMILES string of the molecule is COC(=O)c1ccc(N2C(=O)c3cccc(N)c3C2=O)cc1.Cc1ccc(N2C(=O)C=CC2=O)cc1.Cc1cccc(N2C(=O)CC(NNc3ccccc3)C2=O)c1.O=C1C=CC(=O)N1c1ccc(OC(F)(F)C(F)F)c(N2C(=O)C=CC2=O)c1.O=C1C=CC(=O)N1c1ccccc1Cl. The Balaban J connectivity index is 0.000000148. The molecule has 12 amide bonds. The third-order valence-electron chi connectivity index (χ3n) is 14.6. The Labute approximate surface area is 563 Å². The second-order valence-corrected chi connectivity index (χ2v) is 21.7. The molecule has 99 heavy (non-hydrogen) atoms. The van der Waals surface area contributed by atoms with Crippen molar-refractivity contribution >= 4 is 134 Å². The van der Waals surface area contributed by atoms with E-state index >= 15 is 0 Å². The number of imide groups is 6. The van der Waals surface area contributed by atoms with Crippen LogP contribution in [0.1, 0.15) is 48.6 Å². The number of aryl methyl sites for hydroxylation is 2. The van der Waals surface area contributed by atoms with Gasteiger partial charge in [0.2, 0.25) is 5.91 Å². The predicted octanol–water partition coefficient (Wildman–Crippen LogP) is 9.08. The Kier molecular flexibility index (Phi) is 21.6. The zero-order chi connectivity index (χ0) is 71.6. The van der Waals surface area contributed by atoms with Crippen LogP contribution in [0, 0.1) is 13.8 Å². The molecule has 0 bridgehead atoms. The van der Waals surface area contributed by atoms with Crippen LogP contribution < -0.4 is 50.7 Å². The minimum absolute atomic E-state index is 0.145. The smallest absolute Gasteiger partial charge is 0.461 e. The summed E-state index contributed by atoms with van der Waals surface area (Å²) in [6, 6.07) is 43.7. The topological polar surface area (TPSA) is 310 Å². The number of carbonyl (C=O) groups excluding carboxylic acids is 13. The molecule has 502 valence electrons. The molecule has 0 aliphatic carbocycles. The summed E-state index contributed by atoms with van der Waals surface area (Å²) in [4.78, 5) is 159. The number of halogens is 5. The minimum Gasteiger partial charge on any atom is -0.465 e. The van der Waals surface area contributed by atoms with Crippen molar-refractivity contribution < 1.29 is 89.4 Å². The maximum atomic E-state index is 13.3. The third kappa shape index (κ3) is 15.8. The molecule has 24 nitrogen and oxygen atoms in total. The molecule has 0 saturated carbocycles. The minimum atomic E-state index is -4.91. The maximum absolute atomic E-state index is 13.3. The van der Waals surface area contributed by atoms with Crippen LogP contribution in [0.3, 0.4) is 0 Å². The van der Waals surface area contributed by atoms with E-state index in [1.165, 1.54) is 60.6 Å². The molecule has 0 spiro atoms. The molecule has 1 fully saturated rings. The van der Waals surface area contributed by atoms with Crippen LogP contribution in [0.25, 0.3) is 0 Å². The molecule has 6 aliphatic rings. The average Bonchev–Trinajstić information content (AvgIpc) is 1.62. The van der Waals surface area contributed by atoms with Gasteiger partial charge in [0.1, 0.15) is 6.04 Å². The van der Waals surface area contributed by atoms with Crippen molar-refractivity contribution in [1.29, 1.82) is 0 Å². The first-order valence-electron chi connectivity index (χ1n) is 29.2. The largest absolute Gasteiger partial charge is 0.465 e. The van der Waals surface area contributed by atoms with Crippen LogP contribution in [0.5, 0.6) is 5.75 Å². The summed E-state index contributed by atoms with van der Waals surface area (Å²) in [5.41, 5.74) is 17.0. The van der Waals surface area contributed by atoms with Gasteiger partial charge in [-0.1, -0.05) is 77.8 Å². The molecule has 1 unspecified atom stereocenters. The molecule has 6 aliphatic heterocycles. The molecular formula is C70H52ClF4N9O15. The van der Waals surface area contributed by atoms with Gasteiger partial charge in [-0.25, -0.2) is 39.6 Å². The van der Waals surface area contributed by atoms with Gasteiger partial charge in [-0.05, 0) is 123 Å². The lowest BCUT2D eigenvalue weighted by atomic mass is 10.1. The van der Waals surface area contributed by atoms with E-state index < -0.39 is 71.4 Å². The van der Waals surface area contributed by atoms with Crippen LogP contribution in [0.15, 0.2) is 212 Å². The fourth-order valence-corrected chi connectivity index (χ4v) is 10.1. The van der Waals surface area contributed by atoms with Crippen LogP contribution in [0.2, 0.25) is 5.02 Å². The van der Waals surface area contributed by atoms with Crippen molar-refractivity contribution in [3.05, 3.63) is 245 Å². The van der Waals surface area contributed by atoms with Gasteiger partial charge >= 0.3 is 18.5 Å². The molecule has 0 aromatic heterocycles. The summed E-state index contributed by atoms with van der Waals surface area (Å²) in [6.45, 7) is 3.89. The number of hydrogen-bond donors (Lipinski definition) is 3. The number of fused-ring (bicyclic) bond motifs is 1. The lowest BCUT2D eigenvalue weighted by molar-refractivity contribution is -0.253. The molecular weight excluding hydrogens is 1320 g/mol. The standard InChI is InChI=1S/C17H17N3O2.C16H8F4N2O5.C16H12N2O4.C11H9NO2.C10H6ClNO2/c1-12-6-5-9-14(10-12)20-16(21)11-15(17(20)22)19-18-13-7-3-2-4-8-13;17-15(18)16(19,20)27-10-2-1-8(21-11(23)3-4-12(21)24)7-9(10)22-13(25)5-6-14(22)26;1-22-16(21)9-5-7-10(8-6-9)18-14(19)11-3-2-4-12(17)13(11)15(18)20;1-8-2-4-9(5-3-8)12-10(13)6-7-11(12)14;11-7-3-1-2-4-8(7)12-9(13)5-6-10(12)14/h2-10,15,18-19H,11H2,1H3;1-7,15H;2-8H,17H2,1H3;2-7H,1H3;1-6H. The summed E-state index contributed by atoms with van der Waals surface area (Å²) >= 11 is 5.86. The highest BCUT2D eigenvalue weighted by atomic mass is 35.5. The number of ether oxygens (including phenoxy) is 2. The van der Waals surface area contributed by atoms with E-state index in [9.17, 15) is 79.9 Å². The second kappa shape index (κ2) is 30.3. The number of benzene rings is 7. The average molecular weight is 1370 g/mol. The number of nitrogens with zero attached hydrogens (tertiary/aromatic N) is 6. The summed E-state index contributed by atoms with van der Waals surface area (Å²) in [6.07, 6.45) is -0.366. The van der Waals surface area contributed by atoms with Gasteiger partial charge in [0, 0.05) is 60.0 Å². The van der Waals surface area contributed by atoms with Gasteiger partial charge < -0.3 is 20.6 Å². The predicted molar refractivity (Wildman–Crippen MR) is 352 cm³/mol. The second-order valence-electron chi connectivity index (χ2n) is 21.3.